The molecule has 420 valence electrons. The zero-order valence-corrected chi connectivity index (χ0v) is 48.1. The van der Waals surface area contributed by atoms with E-state index >= 15 is 0 Å². The van der Waals surface area contributed by atoms with E-state index in [2.05, 4.69) is 130 Å². The molecule has 0 aliphatic carbocycles. The maximum Gasteiger partial charge on any atom is 0.309 e. The van der Waals surface area contributed by atoms with Gasteiger partial charge in [0.1, 0.15) is 13.2 Å². The highest BCUT2D eigenvalue weighted by molar-refractivity contribution is 5.72. The minimum Gasteiger partial charge on any atom is -0.462 e. The second-order valence-corrected chi connectivity index (χ2v) is 19.9. The van der Waals surface area contributed by atoms with Crippen molar-refractivity contribution in [2.45, 2.75) is 277 Å². The van der Waals surface area contributed by atoms with Gasteiger partial charge in [0.05, 0.1) is 6.42 Å². The number of ether oxygens (including phenoxy) is 3. The van der Waals surface area contributed by atoms with Crippen molar-refractivity contribution in [3.8, 4) is 0 Å². The third kappa shape index (κ3) is 58.7. The molecule has 0 saturated carbocycles. The first-order valence-electron chi connectivity index (χ1n) is 30.5. The first-order valence-corrected chi connectivity index (χ1v) is 30.5. The Balaban J connectivity index is 4.48. The largest absolute Gasteiger partial charge is 0.462 e. The Morgan fingerprint density at radius 1 is 0.297 bits per heavy atom. The molecule has 0 aromatic heterocycles. The van der Waals surface area contributed by atoms with E-state index in [0.29, 0.717) is 12.8 Å². The van der Waals surface area contributed by atoms with Gasteiger partial charge in [0.15, 0.2) is 6.10 Å². The van der Waals surface area contributed by atoms with E-state index in [1.54, 1.807) is 6.08 Å². The van der Waals surface area contributed by atoms with Crippen LogP contribution in [0.1, 0.15) is 271 Å². The SMILES string of the molecule is CC/C=C\C/C=C\C/C=C\C/C=C\C/C=C\CC(=O)OCC(COC(=O)CCCCCCCCCC/C=C\C/C=C\C/C=C\CCCCCCC)OC(=O)CCCCCCCCC/C=C\C/C=C\CCCCCC. The Morgan fingerprint density at radius 2 is 0.581 bits per heavy atom. The molecule has 0 spiro atoms. The van der Waals surface area contributed by atoms with E-state index in [0.717, 1.165) is 103 Å². The summed E-state index contributed by atoms with van der Waals surface area (Å²) in [5, 5.41) is 0. The first kappa shape index (κ1) is 69.8. The van der Waals surface area contributed by atoms with Crippen molar-refractivity contribution >= 4 is 17.9 Å². The van der Waals surface area contributed by atoms with Crippen LogP contribution in [0.15, 0.2) is 122 Å². The molecule has 6 nitrogen and oxygen atoms in total. The van der Waals surface area contributed by atoms with Crippen LogP contribution in [0, 0.1) is 0 Å². The number of hydrogen-bond donors (Lipinski definition) is 0. The van der Waals surface area contributed by atoms with Crippen molar-refractivity contribution < 1.29 is 28.6 Å². The van der Waals surface area contributed by atoms with Gasteiger partial charge in [0.25, 0.3) is 0 Å². The lowest BCUT2D eigenvalue weighted by Gasteiger charge is -2.18. The molecule has 0 fully saturated rings. The van der Waals surface area contributed by atoms with Crippen LogP contribution in [0.2, 0.25) is 0 Å². The van der Waals surface area contributed by atoms with Crippen LogP contribution in [0.25, 0.3) is 0 Å². The number of unbranched alkanes of at least 4 members (excludes halogenated alkanes) is 24. The molecule has 0 aromatic rings. The van der Waals surface area contributed by atoms with Gasteiger partial charge in [-0.1, -0.05) is 258 Å². The molecule has 0 saturated heterocycles. The molecule has 1 unspecified atom stereocenters. The van der Waals surface area contributed by atoms with E-state index in [-0.39, 0.29) is 31.6 Å². The fourth-order valence-corrected chi connectivity index (χ4v) is 8.14. The summed E-state index contributed by atoms with van der Waals surface area (Å²) in [6.07, 6.45) is 85.0. The summed E-state index contributed by atoms with van der Waals surface area (Å²) in [5.41, 5.74) is 0. The molecular formula is C68H112O6. The Kier molecular flexibility index (Phi) is 57.9. The van der Waals surface area contributed by atoms with Crippen LogP contribution in [-0.4, -0.2) is 37.2 Å². The van der Waals surface area contributed by atoms with E-state index < -0.39 is 12.1 Å². The summed E-state index contributed by atoms with van der Waals surface area (Å²) >= 11 is 0. The normalized spacial score (nSPS) is 13.0. The molecule has 0 bridgehead atoms. The highest BCUT2D eigenvalue weighted by Crippen LogP contribution is 2.14. The zero-order chi connectivity index (χ0) is 53.6. The van der Waals surface area contributed by atoms with Crippen molar-refractivity contribution in [2.24, 2.45) is 0 Å². The van der Waals surface area contributed by atoms with Crippen LogP contribution in [0.5, 0.6) is 0 Å². The molecule has 0 N–H and O–H groups in total. The minimum absolute atomic E-state index is 0.118. The van der Waals surface area contributed by atoms with Crippen LogP contribution in [0.4, 0.5) is 0 Å². The second kappa shape index (κ2) is 61.4. The van der Waals surface area contributed by atoms with Gasteiger partial charge in [-0.25, -0.2) is 0 Å². The third-order valence-corrected chi connectivity index (χ3v) is 12.7. The quantitative estimate of drug-likeness (QED) is 0.0261. The zero-order valence-electron chi connectivity index (χ0n) is 48.1. The average molecular weight is 1030 g/mol. The van der Waals surface area contributed by atoms with Gasteiger partial charge in [-0.3, -0.25) is 14.4 Å². The number of carbonyl (C=O) groups is 3. The lowest BCUT2D eigenvalue weighted by Crippen LogP contribution is -2.30. The van der Waals surface area contributed by atoms with Crippen LogP contribution in [0.3, 0.4) is 0 Å². The van der Waals surface area contributed by atoms with E-state index in [4.69, 9.17) is 14.2 Å². The number of hydrogen-bond acceptors (Lipinski definition) is 6. The molecule has 74 heavy (non-hydrogen) atoms. The predicted octanol–water partition coefficient (Wildman–Crippen LogP) is 20.8. The summed E-state index contributed by atoms with van der Waals surface area (Å²) in [7, 11) is 0. The van der Waals surface area contributed by atoms with Crippen LogP contribution in [-0.2, 0) is 28.6 Å². The van der Waals surface area contributed by atoms with Gasteiger partial charge in [0.2, 0.25) is 0 Å². The van der Waals surface area contributed by atoms with Gasteiger partial charge >= 0.3 is 17.9 Å². The van der Waals surface area contributed by atoms with Crippen molar-refractivity contribution in [2.75, 3.05) is 13.2 Å². The third-order valence-electron chi connectivity index (χ3n) is 12.7. The summed E-state index contributed by atoms with van der Waals surface area (Å²) in [6.45, 7) is 6.40. The summed E-state index contributed by atoms with van der Waals surface area (Å²) < 4.78 is 16.8. The molecule has 0 aliphatic heterocycles. The van der Waals surface area contributed by atoms with Gasteiger partial charge in [0, 0.05) is 12.8 Å². The first-order chi connectivity index (χ1) is 36.5. The van der Waals surface area contributed by atoms with E-state index in [1.165, 1.54) is 128 Å². The lowest BCUT2D eigenvalue weighted by molar-refractivity contribution is -0.166. The Hall–Kier alpha value is -4.19. The maximum atomic E-state index is 12.9. The van der Waals surface area contributed by atoms with Crippen molar-refractivity contribution in [1.29, 1.82) is 0 Å². The smallest absolute Gasteiger partial charge is 0.309 e. The molecule has 0 aliphatic rings. The van der Waals surface area contributed by atoms with E-state index in [1.807, 2.05) is 6.08 Å². The molecule has 0 radical (unpaired) electrons. The van der Waals surface area contributed by atoms with Gasteiger partial charge in [-0.15, -0.1) is 0 Å². The molecule has 0 heterocycles. The highest BCUT2D eigenvalue weighted by Gasteiger charge is 2.19. The van der Waals surface area contributed by atoms with Crippen molar-refractivity contribution in [3.63, 3.8) is 0 Å². The van der Waals surface area contributed by atoms with Gasteiger partial charge < -0.3 is 14.2 Å². The standard InChI is InChI=1S/C68H112O6/c1-4-7-10-13-16-19-22-25-28-30-32-33-34-35-36-38-40-43-46-49-52-55-58-61-67(70)73-64-65(63-72-66(69)60-57-54-51-48-45-42-39-27-24-21-18-15-12-9-6-3)74-68(71)62-59-56-53-50-47-44-41-37-31-29-26-23-20-17-14-11-8-5-2/h9,12,18,20-23,25,27,29-32,34-35,39,45,48,54,57,65H,4-8,10-11,13-17,19,24,26,28,33,36-38,40-44,46-47,49-53,55-56,58-64H2,1-3H3/b12-9-,21-18-,23-20-,25-22-,31-29-,32-30-,35-34-,39-27-,48-45-,57-54-. The number of carbonyl (C=O) groups excluding carboxylic acids is 3. The maximum absolute atomic E-state index is 12.9. The molecule has 0 aromatic carbocycles. The lowest BCUT2D eigenvalue weighted by atomic mass is 10.1. The Labute approximate surface area is 456 Å². The topological polar surface area (TPSA) is 78.9 Å². The average Bonchev–Trinajstić information content (AvgIpc) is 3.40. The number of allylic oxidation sites excluding steroid dienone is 19. The predicted molar refractivity (Wildman–Crippen MR) is 320 cm³/mol. The van der Waals surface area contributed by atoms with Gasteiger partial charge in [-0.05, 0) is 116 Å². The summed E-state index contributed by atoms with van der Waals surface area (Å²) in [4.78, 5) is 38.2. The highest BCUT2D eigenvalue weighted by atomic mass is 16.6. The number of esters is 3. The van der Waals surface area contributed by atoms with Crippen LogP contribution < -0.4 is 0 Å². The fourth-order valence-electron chi connectivity index (χ4n) is 8.14. The van der Waals surface area contributed by atoms with Gasteiger partial charge in [-0.2, -0.15) is 0 Å². The summed E-state index contributed by atoms with van der Waals surface area (Å²) in [5.74, 6) is -1.07. The molecule has 1 atom stereocenters. The van der Waals surface area contributed by atoms with Crippen molar-refractivity contribution in [3.05, 3.63) is 122 Å². The molecular weight excluding hydrogens is 913 g/mol. The molecule has 0 rings (SSSR count). The number of rotatable bonds is 54. The Bertz CT molecular complexity index is 1550. The molecule has 6 heteroatoms. The monoisotopic (exact) mass is 1020 g/mol. The van der Waals surface area contributed by atoms with Crippen LogP contribution >= 0.6 is 0 Å². The van der Waals surface area contributed by atoms with E-state index in [9.17, 15) is 14.4 Å². The summed E-state index contributed by atoms with van der Waals surface area (Å²) in [6, 6.07) is 0. The second-order valence-electron chi connectivity index (χ2n) is 19.9. The Morgan fingerprint density at radius 3 is 0.959 bits per heavy atom. The fraction of sp³-hybridized carbons (Fsp3) is 0.662. The molecule has 0 amide bonds. The minimum atomic E-state index is -0.830. The van der Waals surface area contributed by atoms with Crippen molar-refractivity contribution in [1.82, 2.24) is 0 Å².